The molecule has 1 aliphatic heterocycles. The first-order valence-electron chi connectivity index (χ1n) is 9.71. The van der Waals surface area contributed by atoms with Gasteiger partial charge in [-0.05, 0) is 41.5 Å². The molecule has 1 N–H and O–H groups in total. The fraction of sp³-hybridized carbons (Fsp3) is 0.125. The number of hydrogen-bond donors (Lipinski definition) is 1. The Morgan fingerprint density at radius 2 is 1.81 bits per heavy atom. The zero-order chi connectivity index (χ0) is 22.7. The third-order valence-electron chi connectivity index (χ3n) is 4.93. The zero-order valence-electron chi connectivity index (χ0n) is 16.6. The molecule has 8 heteroatoms. The average Bonchev–Trinajstić information content (AvgIpc) is 2.79. The summed E-state index contributed by atoms with van der Waals surface area (Å²) in [7, 11) is 0. The van der Waals surface area contributed by atoms with E-state index >= 15 is 0 Å². The molecule has 1 amide bonds. The van der Waals surface area contributed by atoms with Crippen LogP contribution in [0.4, 0.5) is 14.5 Å². The van der Waals surface area contributed by atoms with Gasteiger partial charge in [-0.1, -0.05) is 30.3 Å². The number of carbonyl (C=O) groups excluding carboxylic acids is 3. The molecule has 1 heterocycles. The average molecular weight is 437 g/mol. The van der Waals surface area contributed by atoms with Gasteiger partial charge in [-0.25, -0.2) is 18.4 Å². The number of cyclic esters (lactones) is 1. The minimum atomic E-state index is -0.945. The van der Waals surface area contributed by atoms with Crippen molar-refractivity contribution in [1.82, 2.24) is 0 Å². The van der Waals surface area contributed by atoms with Gasteiger partial charge in [0.15, 0.2) is 6.61 Å². The maximum absolute atomic E-state index is 13.6. The molecule has 1 aliphatic rings. The molecule has 3 aromatic rings. The third kappa shape index (κ3) is 4.64. The maximum atomic E-state index is 13.6. The Bertz CT molecular complexity index is 1200. The molecule has 32 heavy (non-hydrogen) atoms. The number of benzene rings is 3. The van der Waals surface area contributed by atoms with Crippen molar-refractivity contribution >= 4 is 23.5 Å². The van der Waals surface area contributed by atoms with Gasteiger partial charge in [-0.3, -0.25) is 4.79 Å². The van der Waals surface area contributed by atoms with Crippen LogP contribution < -0.4 is 5.32 Å². The molecule has 0 fully saturated rings. The van der Waals surface area contributed by atoms with Crippen molar-refractivity contribution in [3.8, 4) is 0 Å². The van der Waals surface area contributed by atoms with Crippen LogP contribution in [0.25, 0.3) is 0 Å². The van der Waals surface area contributed by atoms with Gasteiger partial charge >= 0.3 is 11.9 Å². The van der Waals surface area contributed by atoms with Gasteiger partial charge in [0.25, 0.3) is 5.91 Å². The monoisotopic (exact) mass is 437 g/mol. The quantitative estimate of drug-likeness (QED) is 0.605. The van der Waals surface area contributed by atoms with E-state index in [0.29, 0.717) is 23.6 Å². The van der Waals surface area contributed by atoms with Gasteiger partial charge in [-0.2, -0.15) is 0 Å². The highest BCUT2D eigenvalue weighted by Gasteiger charge is 2.28. The van der Waals surface area contributed by atoms with E-state index in [2.05, 4.69) is 5.32 Å². The summed E-state index contributed by atoms with van der Waals surface area (Å²) in [5.74, 6) is -3.77. The van der Waals surface area contributed by atoms with Crippen molar-refractivity contribution in [2.75, 3.05) is 11.9 Å². The van der Waals surface area contributed by atoms with Crippen LogP contribution in [0.3, 0.4) is 0 Å². The molecule has 6 nitrogen and oxygen atoms in total. The number of ether oxygens (including phenoxy) is 2. The lowest BCUT2D eigenvalue weighted by Gasteiger charge is -2.25. The van der Waals surface area contributed by atoms with Gasteiger partial charge in [-0.15, -0.1) is 0 Å². The van der Waals surface area contributed by atoms with Crippen molar-refractivity contribution in [2.45, 2.75) is 12.5 Å². The molecule has 0 saturated carbocycles. The Morgan fingerprint density at radius 3 is 2.56 bits per heavy atom. The number of rotatable bonds is 5. The Kier molecular flexibility index (Phi) is 5.93. The zero-order valence-corrected chi connectivity index (χ0v) is 16.6. The number of fused-ring (bicyclic) bond motifs is 1. The smallest absolute Gasteiger partial charge is 0.339 e. The van der Waals surface area contributed by atoms with Crippen LogP contribution in [0.5, 0.6) is 0 Å². The topological polar surface area (TPSA) is 81.7 Å². The maximum Gasteiger partial charge on any atom is 0.339 e. The predicted octanol–water partition coefficient (Wildman–Crippen LogP) is 4.21. The molecule has 0 aromatic heterocycles. The van der Waals surface area contributed by atoms with Gasteiger partial charge in [0.2, 0.25) is 0 Å². The summed E-state index contributed by atoms with van der Waals surface area (Å²) in [6, 6.07) is 16.3. The van der Waals surface area contributed by atoms with Crippen LogP contribution >= 0.6 is 0 Å². The predicted molar refractivity (Wildman–Crippen MR) is 110 cm³/mol. The minimum absolute atomic E-state index is 0.158. The summed E-state index contributed by atoms with van der Waals surface area (Å²) in [4.78, 5) is 36.7. The SMILES string of the molecule is O=C(COC(=O)c1ccc2c(c1)CC(c1ccccc1)OC2=O)Nc1ccc(F)cc1F. The number of carbonyl (C=O) groups is 3. The number of nitrogens with one attached hydrogen (secondary N) is 1. The first-order valence-corrected chi connectivity index (χ1v) is 9.71. The van der Waals surface area contributed by atoms with Crippen LogP contribution in [0.2, 0.25) is 0 Å². The van der Waals surface area contributed by atoms with Crippen molar-refractivity contribution in [1.29, 1.82) is 0 Å². The molecule has 3 aromatic carbocycles. The third-order valence-corrected chi connectivity index (χ3v) is 4.93. The van der Waals surface area contributed by atoms with Crippen molar-refractivity contribution in [2.24, 2.45) is 0 Å². The molecule has 0 bridgehead atoms. The van der Waals surface area contributed by atoms with E-state index in [9.17, 15) is 23.2 Å². The summed E-state index contributed by atoms with van der Waals surface area (Å²) in [6.45, 7) is -0.665. The van der Waals surface area contributed by atoms with E-state index in [0.717, 1.165) is 17.7 Å². The second-order valence-electron chi connectivity index (χ2n) is 7.13. The first-order chi connectivity index (χ1) is 15.4. The Labute approximate surface area is 181 Å². The van der Waals surface area contributed by atoms with Crippen molar-refractivity contribution in [3.63, 3.8) is 0 Å². The number of esters is 2. The lowest BCUT2D eigenvalue weighted by Crippen LogP contribution is -2.23. The molecular formula is C24H17F2NO5. The first kappa shape index (κ1) is 21.2. The van der Waals surface area contributed by atoms with Gasteiger partial charge in [0.1, 0.15) is 17.7 Å². The van der Waals surface area contributed by atoms with Crippen molar-refractivity contribution < 1.29 is 32.6 Å². The number of amides is 1. The van der Waals surface area contributed by atoms with E-state index in [4.69, 9.17) is 9.47 Å². The molecule has 0 aliphatic carbocycles. The van der Waals surface area contributed by atoms with E-state index in [1.807, 2.05) is 30.3 Å². The lowest BCUT2D eigenvalue weighted by molar-refractivity contribution is -0.119. The molecule has 0 saturated heterocycles. The summed E-state index contributed by atoms with van der Waals surface area (Å²) in [5, 5.41) is 2.20. The largest absolute Gasteiger partial charge is 0.454 e. The summed E-state index contributed by atoms with van der Waals surface area (Å²) < 4.78 is 37.0. The van der Waals surface area contributed by atoms with E-state index in [1.165, 1.54) is 18.2 Å². The Balaban J connectivity index is 1.41. The highest BCUT2D eigenvalue weighted by Crippen LogP contribution is 2.31. The van der Waals surface area contributed by atoms with Crippen molar-refractivity contribution in [3.05, 3.63) is 101 Å². The van der Waals surface area contributed by atoms with E-state index in [1.54, 1.807) is 0 Å². The van der Waals surface area contributed by atoms with Crippen LogP contribution in [0.15, 0.2) is 66.7 Å². The molecule has 1 unspecified atom stereocenters. The summed E-state index contributed by atoms with van der Waals surface area (Å²) >= 11 is 0. The minimum Gasteiger partial charge on any atom is -0.454 e. The molecule has 162 valence electrons. The second-order valence-corrected chi connectivity index (χ2v) is 7.13. The lowest BCUT2D eigenvalue weighted by atomic mass is 9.93. The number of halogens is 2. The van der Waals surface area contributed by atoms with E-state index in [-0.39, 0.29) is 11.3 Å². The number of hydrogen-bond acceptors (Lipinski definition) is 5. The van der Waals surface area contributed by atoms with Crippen LogP contribution in [-0.4, -0.2) is 24.5 Å². The molecular weight excluding hydrogens is 420 g/mol. The molecule has 0 radical (unpaired) electrons. The van der Waals surface area contributed by atoms with Crippen LogP contribution in [0, 0.1) is 11.6 Å². The van der Waals surface area contributed by atoms with Gasteiger partial charge in [0.05, 0.1) is 16.8 Å². The van der Waals surface area contributed by atoms with Gasteiger partial charge in [0, 0.05) is 12.5 Å². The highest BCUT2D eigenvalue weighted by molar-refractivity contribution is 5.97. The normalized spacial score (nSPS) is 14.8. The van der Waals surface area contributed by atoms with Crippen LogP contribution in [-0.2, 0) is 20.7 Å². The van der Waals surface area contributed by atoms with E-state index < -0.39 is 42.2 Å². The van der Waals surface area contributed by atoms with Gasteiger partial charge < -0.3 is 14.8 Å². The number of anilines is 1. The molecule has 4 rings (SSSR count). The standard InChI is InChI=1S/C24H17F2NO5/c25-17-7-9-20(19(26)12-17)27-22(28)13-31-23(29)15-6-8-18-16(10-15)11-21(32-24(18)30)14-4-2-1-3-5-14/h1-10,12,21H,11,13H2,(H,27,28). The second kappa shape index (κ2) is 8.97. The highest BCUT2D eigenvalue weighted by atomic mass is 19.1. The molecule has 1 atom stereocenters. The summed E-state index contributed by atoms with van der Waals surface area (Å²) in [6.07, 6.45) is -0.0878. The fourth-order valence-corrected chi connectivity index (χ4v) is 3.37. The molecule has 0 spiro atoms. The van der Waals surface area contributed by atoms with Crippen LogP contribution in [0.1, 0.15) is 37.9 Å². The summed E-state index contributed by atoms with van der Waals surface area (Å²) in [5.41, 5.74) is 1.75. The Morgan fingerprint density at radius 1 is 1.03 bits per heavy atom. The fourth-order valence-electron chi connectivity index (χ4n) is 3.37. The Hall–Kier alpha value is -4.07.